The maximum Gasteiger partial charge on any atom is 0.232 e. The molecule has 0 aliphatic heterocycles. The van der Waals surface area contributed by atoms with Gasteiger partial charge in [0.05, 0.1) is 5.75 Å². The first-order valence-corrected chi connectivity index (χ1v) is 10.1. The summed E-state index contributed by atoms with van der Waals surface area (Å²) in [5, 5.41) is 0. The quantitative estimate of drug-likeness (QED) is 0.373. The lowest BCUT2D eigenvalue weighted by Crippen LogP contribution is -2.03. The summed E-state index contributed by atoms with van der Waals surface area (Å²) in [6.45, 7) is 6.90. The van der Waals surface area contributed by atoms with Crippen LogP contribution in [-0.2, 0) is 9.05 Å². The highest BCUT2D eigenvalue weighted by Crippen LogP contribution is 2.22. The molecule has 0 aromatic rings. The highest BCUT2D eigenvalue weighted by atomic mass is 35.7. The summed E-state index contributed by atoms with van der Waals surface area (Å²) < 4.78 is 21.4. The summed E-state index contributed by atoms with van der Waals surface area (Å²) in [6.07, 6.45) is 12.0. The minimum atomic E-state index is -3.27. The largest absolute Gasteiger partial charge is 0.232 e. The van der Waals surface area contributed by atoms with E-state index < -0.39 is 9.05 Å². The molecule has 116 valence electrons. The molecular weight excluding hydrogens is 280 g/mol. The fourth-order valence-electron chi connectivity index (χ4n) is 2.17. The second-order valence-corrected chi connectivity index (χ2v) is 9.63. The van der Waals surface area contributed by atoms with Gasteiger partial charge in [-0.15, -0.1) is 0 Å². The minimum Gasteiger partial charge on any atom is -0.212 e. The van der Waals surface area contributed by atoms with E-state index in [1.807, 2.05) is 0 Å². The lowest BCUT2D eigenvalue weighted by molar-refractivity contribution is 0.356. The van der Waals surface area contributed by atoms with Gasteiger partial charge in [-0.05, 0) is 18.3 Å². The van der Waals surface area contributed by atoms with Crippen molar-refractivity contribution in [2.75, 3.05) is 5.75 Å². The van der Waals surface area contributed by atoms with Crippen molar-refractivity contribution in [2.24, 2.45) is 5.41 Å². The lowest BCUT2D eigenvalue weighted by atomic mass is 9.89. The van der Waals surface area contributed by atoms with E-state index in [1.165, 1.54) is 44.9 Å². The average Bonchev–Trinajstić information content (AvgIpc) is 2.22. The Hall–Kier alpha value is 0.240. The van der Waals surface area contributed by atoms with E-state index in [-0.39, 0.29) is 5.75 Å². The van der Waals surface area contributed by atoms with Gasteiger partial charge in [0.25, 0.3) is 0 Å². The molecule has 0 N–H and O–H groups in total. The molecule has 0 aliphatic rings. The fraction of sp³-hybridized carbons (Fsp3) is 1.00. The Morgan fingerprint density at radius 1 is 0.737 bits per heavy atom. The van der Waals surface area contributed by atoms with Crippen LogP contribution in [-0.4, -0.2) is 14.2 Å². The van der Waals surface area contributed by atoms with Crippen LogP contribution in [0.4, 0.5) is 0 Å². The zero-order chi connectivity index (χ0) is 14.8. The monoisotopic (exact) mass is 310 g/mol. The summed E-state index contributed by atoms with van der Waals surface area (Å²) >= 11 is 0. The second kappa shape index (κ2) is 10.0. The summed E-state index contributed by atoms with van der Waals surface area (Å²) in [5.74, 6) is 0.126. The van der Waals surface area contributed by atoms with Crippen molar-refractivity contribution in [3.63, 3.8) is 0 Å². The molecule has 0 amide bonds. The van der Waals surface area contributed by atoms with Gasteiger partial charge in [-0.25, -0.2) is 8.42 Å². The molecule has 0 atom stereocenters. The van der Waals surface area contributed by atoms with Crippen LogP contribution in [0, 0.1) is 5.41 Å². The van der Waals surface area contributed by atoms with E-state index in [0.29, 0.717) is 11.8 Å². The number of hydrogen-bond donors (Lipinski definition) is 0. The molecule has 0 fully saturated rings. The van der Waals surface area contributed by atoms with E-state index in [2.05, 4.69) is 20.8 Å². The molecule has 4 heteroatoms. The third kappa shape index (κ3) is 18.2. The van der Waals surface area contributed by atoms with Crippen LogP contribution in [0.2, 0.25) is 0 Å². The third-order valence-electron chi connectivity index (χ3n) is 3.31. The van der Waals surface area contributed by atoms with Crippen molar-refractivity contribution in [1.29, 1.82) is 0 Å². The van der Waals surface area contributed by atoms with Crippen LogP contribution in [0.3, 0.4) is 0 Å². The van der Waals surface area contributed by atoms with E-state index in [0.717, 1.165) is 12.8 Å². The Morgan fingerprint density at radius 2 is 1.11 bits per heavy atom. The molecule has 0 spiro atoms. The van der Waals surface area contributed by atoms with Gasteiger partial charge in [0.1, 0.15) is 0 Å². The van der Waals surface area contributed by atoms with Gasteiger partial charge in [0.2, 0.25) is 9.05 Å². The lowest BCUT2D eigenvalue weighted by Gasteiger charge is -2.17. The molecule has 0 bridgehead atoms. The fourth-order valence-corrected chi connectivity index (χ4v) is 3.04. The zero-order valence-electron chi connectivity index (χ0n) is 12.9. The van der Waals surface area contributed by atoms with Crippen molar-refractivity contribution in [1.82, 2.24) is 0 Å². The maximum absolute atomic E-state index is 10.7. The number of hydrogen-bond acceptors (Lipinski definition) is 2. The predicted molar refractivity (Wildman–Crippen MR) is 85.3 cm³/mol. The van der Waals surface area contributed by atoms with Crippen LogP contribution in [0.25, 0.3) is 0 Å². The predicted octanol–water partition coefficient (Wildman–Crippen LogP) is 5.50. The van der Waals surface area contributed by atoms with E-state index in [4.69, 9.17) is 10.7 Å². The van der Waals surface area contributed by atoms with Crippen LogP contribution in [0.5, 0.6) is 0 Å². The standard InChI is InChI=1S/C15H31ClO2S/c1-15(2,3)13-11-9-7-5-4-6-8-10-12-14-19(16,17)18/h4-14H2,1-3H3. The second-order valence-electron chi connectivity index (χ2n) is 6.74. The molecule has 19 heavy (non-hydrogen) atoms. The highest BCUT2D eigenvalue weighted by molar-refractivity contribution is 8.13. The Kier molecular flexibility index (Phi) is 10.2. The Morgan fingerprint density at radius 3 is 1.47 bits per heavy atom. The zero-order valence-corrected chi connectivity index (χ0v) is 14.5. The number of halogens is 1. The van der Waals surface area contributed by atoms with Gasteiger partial charge < -0.3 is 0 Å². The van der Waals surface area contributed by atoms with Gasteiger partial charge in [0.15, 0.2) is 0 Å². The molecule has 0 unspecified atom stereocenters. The average molecular weight is 311 g/mol. The van der Waals surface area contributed by atoms with Gasteiger partial charge >= 0.3 is 0 Å². The number of unbranched alkanes of at least 4 members (excludes halogenated alkanes) is 8. The van der Waals surface area contributed by atoms with Crippen molar-refractivity contribution >= 4 is 19.7 Å². The Bertz CT molecular complexity index is 305. The molecule has 0 saturated carbocycles. The van der Waals surface area contributed by atoms with Gasteiger partial charge in [0, 0.05) is 10.7 Å². The molecule has 0 aliphatic carbocycles. The van der Waals surface area contributed by atoms with Crippen LogP contribution in [0.1, 0.15) is 85.0 Å². The van der Waals surface area contributed by atoms with Crippen molar-refractivity contribution < 1.29 is 8.42 Å². The number of rotatable bonds is 11. The highest BCUT2D eigenvalue weighted by Gasteiger charge is 2.08. The van der Waals surface area contributed by atoms with E-state index in [9.17, 15) is 8.42 Å². The summed E-state index contributed by atoms with van der Waals surface area (Å²) in [7, 11) is 1.88. The molecule has 0 aromatic carbocycles. The summed E-state index contributed by atoms with van der Waals surface area (Å²) in [6, 6.07) is 0. The molecular formula is C15H31ClO2S. The first-order valence-electron chi connectivity index (χ1n) is 7.63. The molecule has 0 saturated heterocycles. The first kappa shape index (κ1) is 19.2. The molecule has 0 radical (unpaired) electrons. The first-order chi connectivity index (χ1) is 8.71. The Balaban J connectivity index is 3.16. The van der Waals surface area contributed by atoms with Gasteiger partial charge in [-0.2, -0.15) is 0 Å². The SMILES string of the molecule is CC(C)(C)CCCCCCCCCCCS(=O)(=O)Cl. The normalized spacial score (nSPS) is 12.8. The molecule has 2 nitrogen and oxygen atoms in total. The van der Waals surface area contributed by atoms with Crippen LogP contribution in [0.15, 0.2) is 0 Å². The smallest absolute Gasteiger partial charge is 0.212 e. The Labute approximate surface area is 124 Å². The van der Waals surface area contributed by atoms with E-state index >= 15 is 0 Å². The summed E-state index contributed by atoms with van der Waals surface area (Å²) in [5.41, 5.74) is 0.475. The van der Waals surface area contributed by atoms with Crippen LogP contribution < -0.4 is 0 Å². The van der Waals surface area contributed by atoms with Crippen LogP contribution >= 0.6 is 10.7 Å². The van der Waals surface area contributed by atoms with Gasteiger partial charge in [-0.3, -0.25) is 0 Å². The van der Waals surface area contributed by atoms with E-state index in [1.54, 1.807) is 0 Å². The van der Waals surface area contributed by atoms with Crippen molar-refractivity contribution in [2.45, 2.75) is 85.0 Å². The van der Waals surface area contributed by atoms with Crippen molar-refractivity contribution in [3.05, 3.63) is 0 Å². The maximum atomic E-state index is 10.7. The minimum absolute atomic E-state index is 0.126. The third-order valence-corrected chi connectivity index (χ3v) is 4.55. The summed E-state index contributed by atoms with van der Waals surface area (Å²) in [4.78, 5) is 0. The molecule has 0 heterocycles. The molecule has 0 aromatic heterocycles. The van der Waals surface area contributed by atoms with Crippen molar-refractivity contribution in [3.8, 4) is 0 Å². The molecule has 0 rings (SSSR count). The topological polar surface area (TPSA) is 34.1 Å². The van der Waals surface area contributed by atoms with Gasteiger partial charge in [-0.1, -0.05) is 72.1 Å².